The lowest BCUT2D eigenvalue weighted by Crippen LogP contribution is -2.44. The summed E-state index contributed by atoms with van der Waals surface area (Å²) in [7, 11) is -3.49. The number of piperazine rings is 1. The lowest BCUT2D eigenvalue weighted by Gasteiger charge is -2.28. The maximum atomic E-state index is 12.0. The lowest BCUT2D eigenvalue weighted by atomic mass is 10.2. The third kappa shape index (κ3) is 2.94. The number of sulfone groups is 1. The summed E-state index contributed by atoms with van der Waals surface area (Å²) in [4.78, 5) is 10.7. The standard InChI is InChI=1S/C16H19N5O2S/c1-24(22,23)16-19-14(18-11-5-3-2-4-6-11)8-15(20-16)21-10-12-7-13(21)9-17-12/h2-6,8,12-13,17H,7,9-10H2,1H3,(H,18,19,20)/t12-,13-/m0/s1. The van der Waals surface area contributed by atoms with Crippen molar-refractivity contribution in [1.29, 1.82) is 0 Å². The van der Waals surface area contributed by atoms with Gasteiger partial charge in [-0.15, -0.1) is 0 Å². The van der Waals surface area contributed by atoms with Crippen LogP contribution < -0.4 is 15.5 Å². The van der Waals surface area contributed by atoms with Gasteiger partial charge in [-0.2, -0.15) is 0 Å². The second-order valence-electron chi connectivity index (χ2n) is 6.30. The van der Waals surface area contributed by atoms with Crippen LogP contribution in [-0.4, -0.2) is 49.8 Å². The normalized spacial score (nSPS) is 22.8. The molecule has 0 saturated carbocycles. The van der Waals surface area contributed by atoms with E-state index in [1.54, 1.807) is 0 Å². The summed E-state index contributed by atoms with van der Waals surface area (Å²) in [5, 5.41) is 6.46. The molecule has 126 valence electrons. The first-order chi connectivity index (χ1) is 11.5. The molecule has 0 unspecified atom stereocenters. The molecule has 2 saturated heterocycles. The summed E-state index contributed by atoms with van der Waals surface area (Å²) in [5.74, 6) is 1.15. The lowest BCUT2D eigenvalue weighted by molar-refractivity contribution is 0.571. The molecule has 2 N–H and O–H groups in total. The summed E-state index contributed by atoms with van der Waals surface area (Å²) < 4.78 is 24.0. The van der Waals surface area contributed by atoms with Crippen molar-refractivity contribution in [3.63, 3.8) is 0 Å². The van der Waals surface area contributed by atoms with E-state index in [4.69, 9.17) is 0 Å². The zero-order chi connectivity index (χ0) is 16.7. The molecule has 24 heavy (non-hydrogen) atoms. The van der Waals surface area contributed by atoms with Crippen LogP contribution in [0.4, 0.5) is 17.3 Å². The van der Waals surface area contributed by atoms with E-state index in [2.05, 4.69) is 25.5 Å². The summed E-state index contributed by atoms with van der Waals surface area (Å²) in [6.07, 6.45) is 2.20. The van der Waals surface area contributed by atoms with Gasteiger partial charge in [0.25, 0.3) is 5.16 Å². The molecule has 4 rings (SSSR count). The molecule has 1 aromatic heterocycles. The van der Waals surface area contributed by atoms with E-state index >= 15 is 0 Å². The molecule has 2 aromatic rings. The molecular weight excluding hydrogens is 326 g/mol. The molecule has 2 aliphatic heterocycles. The molecule has 3 heterocycles. The van der Waals surface area contributed by atoms with Gasteiger partial charge in [-0.3, -0.25) is 0 Å². The average molecular weight is 345 g/mol. The molecule has 2 aliphatic rings. The molecule has 2 bridgehead atoms. The van der Waals surface area contributed by atoms with Crippen LogP contribution in [0.5, 0.6) is 0 Å². The zero-order valence-corrected chi connectivity index (χ0v) is 14.1. The number of hydrogen-bond donors (Lipinski definition) is 2. The van der Waals surface area contributed by atoms with Crippen LogP contribution in [-0.2, 0) is 9.84 Å². The van der Waals surface area contributed by atoms with Crippen molar-refractivity contribution in [3.8, 4) is 0 Å². The SMILES string of the molecule is CS(=O)(=O)c1nc(Nc2ccccc2)cc(N2C[C@@H]3C[C@H]2CN3)n1. The van der Waals surface area contributed by atoms with Crippen molar-refractivity contribution in [1.82, 2.24) is 15.3 Å². The summed E-state index contributed by atoms with van der Waals surface area (Å²) in [6.45, 7) is 1.75. The molecule has 2 atom stereocenters. The number of para-hydroxylation sites is 1. The van der Waals surface area contributed by atoms with Gasteiger partial charge in [0.15, 0.2) is 0 Å². The Hall–Kier alpha value is -2.19. The minimum atomic E-state index is -3.49. The van der Waals surface area contributed by atoms with Crippen LogP contribution in [0.25, 0.3) is 0 Å². The van der Waals surface area contributed by atoms with E-state index in [0.29, 0.717) is 23.7 Å². The van der Waals surface area contributed by atoms with Gasteiger partial charge >= 0.3 is 0 Å². The van der Waals surface area contributed by atoms with E-state index < -0.39 is 9.84 Å². The fraction of sp³-hybridized carbons (Fsp3) is 0.375. The molecule has 1 aromatic carbocycles. The van der Waals surface area contributed by atoms with E-state index in [9.17, 15) is 8.42 Å². The van der Waals surface area contributed by atoms with Gasteiger partial charge < -0.3 is 15.5 Å². The first kappa shape index (κ1) is 15.3. The Balaban J connectivity index is 1.72. The third-order valence-electron chi connectivity index (χ3n) is 4.42. The minimum absolute atomic E-state index is 0.144. The number of hydrogen-bond acceptors (Lipinski definition) is 7. The Labute approximate surface area is 141 Å². The van der Waals surface area contributed by atoms with Crippen LogP contribution in [0.1, 0.15) is 6.42 Å². The Morgan fingerprint density at radius 3 is 2.67 bits per heavy atom. The summed E-state index contributed by atoms with van der Waals surface area (Å²) in [5.41, 5.74) is 0.853. The quantitative estimate of drug-likeness (QED) is 0.805. The van der Waals surface area contributed by atoms with Crippen molar-refractivity contribution in [3.05, 3.63) is 36.4 Å². The fourth-order valence-corrected chi connectivity index (χ4v) is 3.82. The van der Waals surface area contributed by atoms with E-state index in [-0.39, 0.29) is 5.16 Å². The largest absolute Gasteiger partial charge is 0.351 e. The molecule has 2 fully saturated rings. The fourth-order valence-electron chi connectivity index (χ4n) is 3.30. The van der Waals surface area contributed by atoms with Gasteiger partial charge in [0.1, 0.15) is 11.6 Å². The first-order valence-corrected chi connectivity index (χ1v) is 9.79. The Kier molecular flexibility index (Phi) is 3.65. The molecular formula is C16H19N5O2S. The van der Waals surface area contributed by atoms with Crippen LogP contribution in [0, 0.1) is 0 Å². The van der Waals surface area contributed by atoms with Crippen molar-refractivity contribution in [2.24, 2.45) is 0 Å². The van der Waals surface area contributed by atoms with Crippen molar-refractivity contribution in [2.45, 2.75) is 23.7 Å². The monoisotopic (exact) mass is 345 g/mol. The van der Waals surface area contributed by atoms with Crippen molar-refractivity contribution < 1.29 is 8.42 Å². The molecule has 0 aliphatic carbocycles. The Bertz CT molecular complexity index is 856. The number of aromatic nitrogens is 2. The third-order valence-corrected chi connectivity index (χ3v) is 5.27. The topological polar surface area (TPSA) is 87.2 Å². The highest BCUT2D eigenvalue weighted by molar-refractivity contribution is 7.90. The highest BCUT2D eigenvalue weighted by atomic mass is 32.2. The van der Waals surface area contributed by atoms with Gasteiger partial charge in [-0.05, 0) is 18.6 Å². The second kappa shape index (κ2) is 5.71. The van der Waals surface area contributed by atoms with Gasteiger partial charge in [0.2, 0.25) is 9.84 Å². The van der Waals surface area contributed by atoms with Crippen molar-refractivity contribution >= 4 is 27.2 Å². The molecule has 0 radical (unpaired) electrons. The first-order valence-electron chi connectivity index (χ1n) is 7.90. The van der Waals surface area contributed by atoms with Crippen LogP contribution in [0.3, 0.4) is 0 Å². The predicted molar refractivity (Wildman–Crippen MR) is 92.4 cm³/mol. The van der Waals surface area contributed by atoms with Gasteiger partial charge in [0.05, 0.1) is 0 Å². The Morgan fingerprint density at radius 2 is 2.04 bits per heavy atom. The van der Waals surface area contributed by atoms with Gasteiger partial charge in [-0.1, -0.05) is 18.2 Å². The maximum absolute atomic E-state index is 12.0. The smallest absolute Gasteiger partial charge is 0.250 e. The second-order valence-corrected chi connectivity index (χ2v) is 8.21. The van der Waals surface area contributed by atoms with Crippen molar-refractivity contribution in [2.75, 3.05) is 29.6 Å². The number of fused-ring (bicyclic) bond motifs is 2. The highest BCUT2D eigenvalue weighted by Crippen LogP contribution is 2.30. The minimum Gasteiger partial charge on any atom is -0.351 e. The zero-order valence-electron chi connectivity index (χ0n) is 13.3. The van der Waals surface area contributed by atoms with E-state index in [1.165, 1.54) is 0 Å². The summed E-state index contributed by atoms with van der Waals surface area (Å²) >= 11 is 0. The number of benzene rings is 1. The van der Waals surface area contributed by atoms with E-state index in [0.717, 1.165) is 31.5 Å². The van der Waals surface area contributed by atoms with Crippen LogP contribution >= 0.6 is 0 Å². The summed E-state index contributed by atoms with van der Waals surface area (Å²) in [6, 6.07) is 12.2. The number of nitrogens with zero attached hydrogens (tertiary/aromatic N) is 3. The number of anilines is 3. The number of rotatable bonds is 4. The van der Waals surface area contributed by atoms with E-state index in [1.807, 2.05) is 36.4 Å². The van der Waals surface area contributed by atoms with Gasteiger partial charge in [0, 0.05) is 43.2 Å². The molecule has 7 nitrogen and oxygen atoms in total. The van der Waals surface area contributed by atoms with Crippen LogP contribution in [0.2, 0.25) is 0 Å². The molecule has 0 spiro atoms. The molecule has 0 amide bonds. The van der Waals surface area contributed by atoms with Crippen LogP contribution in [0.15, 0.2) is 41.6 Å². The van der Waals surface area contributed by atoms with Gasteiger partial charge in [-0.25, -0.2) is 18.4 Å². The average Bonchev–Trinajstić information content (AvgIpc) is 3.18. The Morgan fingerprint density at radius 1 is 1.25 bits per heavy atom. The maximum Gasteiger partial charge on any atom is 0.250 e. The highest BCUT2D eigenvalue weighted by Gasteiger charge is 2.38. The molecule has 8 heteroatoms. The number of nitrogens with one attached hydrogen (secondary N) is 2. The predicted octanol–water partition coefficient (Wildman–Crippen LogP) is 1.17.